The van der Waals surface area contributed by atoms with Crippen LogP contribution in [0.2, 0.25) is 0 Å². The highest BCUT2D eigenvalue weighted by atomic mass is 32.2. The van der Waals surface area contributed by atoms with Gasteiger partial charge in [-0.1, -0.05) is 18.2 Å². The average Bonchev–Trinajstić information content (AvgIpc) is 2.94. The van der Waals surface area contributed by atoms with Crippen LogP contribution in [0.15, 0.2) is 58.6 Å². The number of morpholine rings is 1. The van der Waals surface area contributed by atoms with Crippen molar-refractivity contribution in [1.82, 2.24) is 4.90 Å². The van der Waals surface area contributed by atoms with E-state index in [9.17, 15) is 0 Å². The smallest absolute Gasteiger partial charge is 0.106 e. The normalized spacial score (nSPS) is 16.0. The van der Waals surface area contributed by atoms with Crippen molar-refractivity contribution in [2.75, 3.05) is 69.2 Å². The molecule has 2 heterocycles. The minimum Gasteiger partial charge on any atom is -0.383 e. The van der Waals surface area contributed by atoms with Crippen LogP contribution in [0.5, 0.6) is 0 Å². The van der Waals surface area contributed by atoms with Crippen LogP contribution >= 0.6 is 11.8 Å². The molecule has 0 amide bonds. The Morgan fingerprint density at radius 3 is 2.64 bits per heavy atom. The first kappa shape index (κ1) is 27.9. The summed E-state index contributed by atoms with van der Waals surface area (Å²) in [4.78, 5) is 18.2. The molecule has 0 saturated carbocycles. The Labute approximate surface area is 219 Å². The van der Waals surface area contributed by atoms with Gasteiger partial charge in [-0.15, -0.1) is 11.8 Å². The maximum Gasteiger partial charge on any atom is 0.106 e. The van der Waals surface area contributed by atoms with Gasteiger partial charge in [0, 0.05) is 74.6 Å². The number of rotatable bonds is 11. The van der Waals surface area contributed by atoms with Crippen molar-refractivity contribution < 1.29 is 14.3 Å². The van der Waals surface area contributed by atoms with Gasteiger partial charge in [-0.3, -0.25) is 9.89 Å². The summed E-state index contributed by atoms with van der Waals surface area (Å²) in [6.45, 7) is 12.8. The number of hydrogen-bond donors (Lipinski definition) is 1. The molecule has 0 radical (unpaired) electrons. The van der Waals surface area contributed by atoms with E-state index in [0.29, 0.717) is 6.61 Å². The second-order valence-electron chi connectivity index (χ2n) is 8.70. The van der Waals surface area contributed by atoms with E-state index in [0.717, 1.165) is 64.7 Å². The highest BCUT2D eigenvalue weighted by Gasteiger charge is 2.17. The molecule has 0 bridgehead atoms. The highest BCUT2D eigenvalue weighted by molar-refractivity contribution is 8.03. The molecule has 0 spiro atoms. The number of anilines is 2. The number of ether oxygens (including phenoxy) is 2. The Morgan fingerprint density at radius 1 is 1.14 bits per heavy atom. The van der Waals surface area contributed by atoms with E-state index in [1.807, 2.05) is 24.8 Å². The van der Waals surface area contributed by atoms with Crippen LogP contribution in [0.25, 0.3) is 0 Å². The summed E-state index contributed by atoms with van der Waals surface area (Å²) in [5.41, 5.74) is 6.62. The molecule has 1 saturated heterocycles. The van der Waals surface area contributed by atoms with E-state index in [1.165, 1.54) is 33.0 Å². The summed E-state index contributed by atoms with van der Waals surface area (Å²) in [7, 11) is 1.73. The number of allylic oxidation sites excluding steroid dienone is 1. The zero-order chi connectivity index (χ0) is 25.6. The SMILES string of the molecule is C=N/C=C(/Cc1ccc(N2CCOCC2)cc1)SCN1CCc2ccc(NCCOC)cc2C1.C=O. The summed E-state index contributed by atoms with van der Waals surface area (Å²) in [5.74, 6) is 0.952. The number of aliphatic imine (C=N–C) groups is 1. The van der Waals surface area contributed by atoms with E-state index in [4.69, 9.17) is 14.3 Å². The fraction of sp³-hybridized carbons (Fsp3) is 0.429. The van der Waals surface area contributed by atoms with E-state index in [-0.39, 0.29) is 0 Å². The summed E-state index contributed by atoms with van der Waals surface area (Å²) < 4.78 is 10.6. The van der Waals surface area contributed by atoms with Crippen molar-refractivity contribution in [2.45, 2.75) is 19.4 Å². The summed E-state index contributed by atoms with van der Waals surface area (Å²) in [5, 5.41) is 3.44. The molecule has 8 heteroatoms. The van der Waals surface area contributed by atoms with Crippen LogP contribution in [0.1, 0.15) is 16.7 Å². The van der Waals surface area contributed by atoms with Gasteiger partial charge in [0.1, 0.15) is 6.79 Å². The van der Waals surface area contributed by atoms with Crippen molar-refractivity contribution in [1.29, 1.82) is 0 Å². The molecule has 2 aliphatic rings. The molecule has 0 aliphatic carbocycles. The first-order chi connectivity index (χ1) is 17.7. The van der Waals surface area contributed by atoms with Gasteiger partial charge in [0.2, 0.25) is 0 Å². The van der Waals surface area contributed by atoms with Gasteiger partial charge >= 0.3 is 0 Å². The minimum atomic E-state index is 0.711. The molecule has 1 N–H and O–H groups in total. The summed E-state index contributed by atoms with van der Waals surface area (Å²) >= 11 is 1.87. The van der Waals surface area contributed by atoms with Crippen molar-refractivity contribution in [2.24, 2.45) is 4.99 Å². The fourth-order valence-electron chi connectivity index (χ4n) is 4.39. The largest absolute Gasteiger partial charge is 0.383 e. The Kier molecular flexibility index (Phi) is 12.0. The number of benzene rings is 2. The number of methoxy groups -OCH3 is 1. The van der Waals surface area contributed by atoms with E-state index in [2.05, 4.69) is 69.3 Å². The third-order valence-corrected chi connectivity index (χ3v) is 7.41. The number of hydrogen-bond acceptors (Lipinski definition) is 8. The number of carbonyl (C=O) groups is 1. The van der Waals surface area contributed by atoms with Crippen LogP contribution in [-0.4, -0.2) is 77.4 Å². The third-order valence-electron chi connectivity index (χ3n) is 6.29. The lowest BCUT2D eigenvalue weighted by Gasteiger charge is -2.29. The topological polar surface area (TPSA) is 66.4 Å². The van der Waals surface area contributed by atoms with E-state index < -0.39 is 0 Å². The number of nitrogens with one attached hydrogen (secondary N) is 1. The lowest BCUT2D eigenvalue weighted by molar-refractivity contribution is -0.0979. The monoisotopic (exact) mass is 510 g/mol. The number of fused-ring (bicyclic) bond motifs is 1. The van der Waals surface area contributed by atoms with E-state index >= 15 is 0 Å². The first-order valence-corrected chi connectivity index (χ1v) is 13.3. The second-order valence-corrected chi connectivity index (χ2v) is 9.77. The number of nitrogens with zero attached hydrogens (tertiary/aromatic N) is 3. The maximum atomic E-state index is 8.00. The molecule has 7 nitrogen and oxygen atoms in total. The minimum absolute atomic E-state index is 0.711. The predicted molar refractivity (Wildman–Crippen MR) is 151 cm³/mol. The van der Waals surface area contributed by atoms with Gasteiger partial charge in [-0.25, -0.2) is 0 Å². The molecular formula is C28H38N4O3S. The molecule has 194 valence electrons. The van der Waals surface area contributed by atoms with Crippen LogP contribution in [0.4, 0.5) is 11.4 Å². The van der Waals surface area contributed by atoms with Gasteiger partial charge < -0.3 is 24.5 Å². The molecule has 2 aliphatic heterocycles. The van der Waals surface area contributed by atoms with Crippen LogP contribution < -0.4 is 10.2 Å². The first-order valence-electron chi connectivity index (χ1n) is 12.3. The highest BCUT2D eigenvalue weighted by Crippen LogP contribution is 2.28. The fourth-order valence-corrected chi connectivity index (χ4v) is 5.38. The Balaban J connectivity index is 0.00000176. The number of carbonyl (C=O) groups excluding carboxylic acids is 1. The van der Waals surface area contributed by atoms with Gasteiger partial charge in [-0.05, 0) is 54.1 Å². The number of thioether (sulfide) groups is 1. The lowest BCUT2D eigenvalue weighted by atomic mass is 9.99. The van der Waals surface area contributed by atoms with Crippen LogP contribution in [-0.2, 0) is 33.7 Å². The standard InChI is InChI=1S/C27H36N4O2S.CH2O/c1-28-19-27(17-22-3-7-26(8-4-22)31-12-15-33-16-13-31)34-21-30-11-9-23-5-6-25(18-24(23)20-30)29-10-14-32-2;1-2/h3-8,18-19,29H,1,9-17,20-21H2,2H3;1H2/b27-19-;. The molecule has 36 heavy (non-hydrogen) atoms. The van der Waals surface area contributed by atoms with Crippen LogP contribution in [0, 0.1) is 0 Å². The Hall–Kier alpha value is -2.65. The molecule has 1 fully saturated rings. The Bertz CT molecular complexity index is 977. The molecular weight excluding hydrogens is 472 g/mol. The summed E-state index contributed by atoms with van der Waals surface area (Å²) in [6, 6.07) is 15.7. The molecule has 0 atom stereocenters. The van der Waals surface area contributed by atoms with Crippen molar-refractivity contribution in [3.8, 4) is 0 Å². The molecule has 2 aromatic carbocycles. The maximum absolute atomic E-state index is 8.00. The van der Waals surface area contributed by atoms with Gasteiger partial charge in [0.05, 0.1) is 19.8 Å². The quantitative estimate of drug-likeness (QED) is 0.358. The third kappa shape index (κ3) is 8.48. The van der Waals surface area contributed by atoms with E-state index in [1.54, 1.807) is 7.11 Å². The Morgan fingerprint density at radius 2 is 1.92 bits per heavy atom. The van der Waals surface area contributed by atoms with Gasteiger partial charge in [0.15, 0.2) is 0 Å². The second kappa shape index (κ2) is 15.5. The molecule has 0 aromatic heterocycles. The zero-order valence-electron chi connectivity index (χ0n) is 21.3. The van der Waals surface area contributed by atoms with Gasteiger partial charge in [-0.2, -0.15) is 0 Å². The molecule has 4 rings (SSSR count). The van der Waals surface area contributed by atoms with Crippen LogP contribution in [0.3, 0.4) is 0 Å². The molecule has 2 aromatic rings. The average molecular weight is 511 g/mol. The zero-order valence-corrected chi connectivity index (χ0v) is 22.1. The van der Waals surface area contributed by atoms with Crippen molar-refractivity contribution in [3.63, 3.8) is 0 Å². The van der Waals surface area contributed by atoms with Crippen molar-refractivity contribution >= 4 is 36.6 Å². The summed E-state index contributed by atoms with van der Waals surface area (Å²) in [6.07, 6.45) is 3.89. The predicted octanol–water partition coefficient (Wildman–Crippen LogP) is 4.23. The lowest BCUT2D eigenvalue weighted by Crippen LogP contribution is -2.36. The molecule has 0 unspecified atom stereocenters. The van der Waals surface area contributed by atoms with Crippen molar-refractivity contribution in [3.05, 3.63) is 70.3 Å². The van der Waals surface area contributed by atoms with Gasteiger partial charge in [0.25, 0.3) is 0 Å².